The van der Waals surface area contributed by atoms with Gasteiger partial charge in [0.1, 0.15) is 5.82 Å². The molecule has 0 amide bonds. The van der Waals surface area contributed by atoms with Gasteiger partial charge in [0.2, 0.25) is 0 Å². The van der Waals surface area contributed by atoms with Crippen molar-refractivity contribution in [3.05, 3.63) is 57.3 Å². The first kappa shape index (κ1) is 14.4. The number of halogens is 3. The molecular formula is C15H8BrCl2N3. The van der Waals surface area contributed by atoms with Crippen LogP contribution in [0.3, 0.4) is 0 Å². The molecule has 3 aromatic rings. The second-order valence-electron chi connectivity index (χ2n) is 4.39. The van der Waals surface area contributed by atoms with Gasteiger partial charge >= 0.3 is 0 Å². The highest BCUT2D eigenvalue weighted by molar-refractivity contribution is 9.10. The van der Waals surface area contributed by atoms with Gasteiger partial charge in [-0.25, -0.2) is 4.98 Å². The van der Waals surface area contributed by atoms with Gasteiger partial charge in [-0.2, -0.15) is 5.26 Å². The molecule has 0 fully saturated rings. The largest absolute Gasteiger partial charge is 0.294 e. The molecule has 0 saturated carbocycles. The highest BCUT2D eigenvalue weighted by atomic mass is 79.9. The molecule has 0 unspecified atom stereocenters. The number of hydrogen-bond donors (Lipinski definition) is 0. The predicted molar refractivity (Wildman–Crippen MR) is 88.1 cm³/mol. The van der Waals surface area contributed by atoms with E-state index in [0.717, 1.165) is 21.2 Å². The summed E-state index contributed by atoms with van der Waals surface area (Å²) in [6.45, 7) is 0. The average Bonchev–Trinajstić information content (AvgIpc) is 2.87. The molecule has 0 atom stereocenters. The summed E-state index contributed by atoms with van der Waals surface area (Å²) in [6.07, 6.45) is 0. The molecule has 2 aromatic carbocycles. The molecule has 0 aliphatic rings. The van der Waals surface area contributed by atoms with Gasteiger partial charge in [0.05, 0.1) is 43.7 Å². The Hall–Kier alpha value is -1.54. The monoisotopic (exact) mass is 379 g/mol. The van der Waals surface area contributed by atoms with Gasteiger partial charge in [-0.3, -0.25) is 4.57 Å². The first-order valence-corrected chi connectivity index (χ1v) is 7.78. The van der Waals surface area contributed by atoms with Gasteiger partial charge in [-0.05, 0) is 46.3 Å². The van der Waals surface area contributed by atoms with Crippen molar-refractivity contribution in [1.82, 2.24) is 9.55 Å². The van der Waals surface area contributed by atoms with Gasteiger partial charge < -0.3 is 0 Å². The Kier molecular flexibility index (Phi) is 3.90. The molecule has 0 aliphatic heterocycles. The number of rotatable bonds is 2. The van der Waals surface area contributed by atoms with Crippen molar-refractivity contribution in [3.63, 3.8) is 0 Å². The van der Waals surface area contributed by atoms with Gasteiger partial charge in [0.15, 0.2) is 0 Å². The zero-order chi connectivity index (χ0) is 15.0. The van der Waals surface area contributed by atoms with Crippen LogP contribution in [0.5, 0.6) is 0 Å². The summed E-state index contributed by atoms with van der Waals surface area (Å²) in [5, 5.41) is 9.69. The summed E-state index contributed by atoms with van der Waals surface area (Å²) in [6, 6.07) is 13.1. The molecule has 0 bridgehead atoms. The predicted octanol–water partition coefficient (Wildman–Crippen LogP) is 5.05. The normalized spacial score (nSPS) is 10.8. The molecule has 0 spiro atoms. The zero-order valence-corrected chi connectivity index (χ0v) is 13.7. The smallest absolute Gasteiger partial charge is 0.129 e. The molecule has 3 nitrogen and oxygen atoms in total. The van der Waals surface area contributed by atoms with E-state index in [1.165, 1.54) is 0 Å². The molecule has 0 aliphatic carbocycles. The molecule has 0 saturated heterocycles. The molecule has 0 radical (unpaired) electrons. The van der Waals surface area contributed by atoms with E-state index in [-0.39, 0.29) is 5.88 Å². The summed E-state index contributed by atoms with van der Waals surface area (Å²) >= 11 is 15.7. The maximum atomic E-state index is 9.09. The summed E-state index contributed by atoms with van der Waals surface area (Å²) in [4.78, 5) is 4.51. The van der Waals surface area contributed by atoms with Crippen LogP contribution in [-0.4, -0.2) is 9.55 Å². The van der Waals surface area contributed by atoms with Gasteiger partial charge in [-0.1, -0.05) is 17.7 Å². The first-order valence-electron chi connectivity index (χ1n) is 6.07. The molecule has 104 valence electrons. The molecule has 6 heteroatoms. The average molecular weight is 381 g/mol. The van der Waals surface area contributed by atoms with Crippen LogP contribution in [0.2, 0.25) is 5.02 Å². The number of imidazole rings is 1. The van der Waals surface area contributed by atoms with E-state index in [1.807, 2.05) is 22.8 Å². The lowest BCUT2D eigenvalue weighted by Crippen LogP contribution is -2.00. The molecule has 1 aromatic heterocycles. The minimum Gasteiger partial charge on any atom is -0.294 e. The van der Waals surface area contributed by atoms with E-state index in [2.05, 4.69) is 27.0 Å². The Bertz CT molecular complexity index is 880. The van der Waals surface area contributed by atoms with Crippen LogP contribution in [0, 0.1) is 11.3 Å². The fraction of sp³-hybridized carbons (Fsp3) is 0.0667. The van der Waals surface area contributed by atoms with Gasteiger partial charge in [0, 0.05) is 0 Å². The number of nitriles is 1. The van der Waals surface area contributed by atoms with Gasteiger partial charge in [0.25, 0.3) is 0 Å². The third kappa shape index (κ3) is 2.42. The van der Waals surface area contributed by atoms with Gasteiger partial charge in [-0.15, -0.1) is 11.6 Å². The number of aromatic nitrogens is 2. The fourth-order valence-corrected chi connectivity index (χ4v) is 3.01. The van der Waals surface area contributed by atoms with E-state index >= 15 is 0 Å². The summed E-state index contributed by atoms with van der Waals surface area (Å²) in [5.41, 5.74) is 3.03. The third-order valence-corrected chi connectivity index (χ3v) is 4.76. The van der Waals surface area contributed by atoms with Crippen molar-refractivity contribution in [3.8, 4) is 11.8 Å². The molecule has 21 heavy (non-hydrogen) atoms. The lowest BCUT2D eigenvalue weighted by atomic mass is 10.2. The maximum absolute atomic E-state index is 9.09. The van der Waals surface area contributed by atoms with Crippen molar-refractivity contribution in [2.45, 2.75) is 5.88 Å². The van der Waals surface area contributed by atoms with E-state index < -0.39 is 0 Å². The minimum atomic E-state index is 0.259. The number of nitrogens with zero attached hydrogens (tertiary/aromatic N) is 3. The standard InChI is InChI=1S/C15H8BrCl2N3/c16-15-10(18)2-1-3-12(15)21-13-6-9(8-19)4-5-11(13)20-14(21)7-17/h1-6H,7H2. The van der Waals surface area contributed by atoms with Crippen LogP contribution in [0.4, 0.5) is 0 Å². The second kappa shape index (κ2) is 5.69. The van der Waals surface area contributed by atoms with Crippen LogP contribution >= 0.6 is 39.1 Å². The van der Waals surface area contributed by atoms with Crippen molar-refractivity contribution < 1.29 is 0 Å². The quantitative estimate of drug-likeness (QED) is 0.583. The molecule has 0 N–H and O–H groups in total. The number of benzene rings is 2. The molecule has 3 rings (SSSR count). The highest BCUT2D eigenvalue weighted by Crippen LogP contribution is 2.32. The van der Waals surface area contributed by atoms with Crippen molar-refractivity contribution in [1.29, 1.82) is 5.26 Å². The highest BCUT2D eigenvalue weighted by Gasteiger charge is 2.15. The summed E-state index contributed by atoms with van der Waals surface area (Å²) in [7, 11) is 0. The Morgan fingerprint density at radius 2 is 2.10 bits per heavy atom. The Morgan fingerprint density at radius 3 is 2.81 bits per heavy atom. The maximum Gasteiger partial charge on any atom is 0.129 e. The molecular weight excluding hydrogens is 373 g/mol. The van der Waals surface area contributed by atoms with E-state index in [0.29, 0.717) is 16.4 Å². The van der Waals surface area contributed by atoms with Crippen molar-refractivity contribution >= 4 is 50.2 Å². The SMILES string of the molecule is N#Cc1ccc2nc(CCl)n(-c3cccc(Cl)c3Br)c2c1. The zero-order valence-electron chi connectivity index (χ0n) is 10.6. The minimum absolute atomic E-state index is 0.259. The van der Waals surface area contributed by atoms with Crippen LogP contribution in [0.25, 0.3) is 16.7 Å². The van der Waals surface area contributed by atoms with Crippen LogP contribution in [-0.2, 0) is 5.88 Å². The van der Waals surface area contributed by atoms with Crippen LogP contribution in [0.15, 0.2) is 40.9 Å². The molecule has 1 heterocycles. The Labute approximate surface area is 139 Å². The second-order valence-corrected chi connectivity index (χ2v) is 5.85. The first-order chi connectivity index (χ1) is 10.2. The van der Waals surface area contributed by atoms with Crippen molar-refractivity contribution in [2.24, 2.45) is 0 Å². The summed E-state index contributed by atoms with van der Waals surface area (Å²) in [5.74, 6) is 0.958. The number of hydrogen-bond acceptors (Lipinski definition) is 2. The lowest BCUT2D eigenvalue weighted by molar-refractivity contribution is 0.977. The topological polar surface area (TPSA) is 41.6 Å². The third-order valence-electron chi connectivity index (χ3n) is 3.14. The van der Waals surface area contributed by atoms with Crippen LogP contribution in [0.1, 0.15) is 11.4 Å². The number of fused-ring (bicyclic) bond motifs is 1. The van der Waals surface area contributed by atoms with E-state index in [4.69, 9.17) is 28.5 Å². The fourth-order valence-electron chi connectivity index (χ4n) is 2.22. The number of alkyl halides is 1. The van der Waals surface area contributed by atoms with E-state index in [1.54, 1.807) is 18.2 Å². The lowest BCUT2D eigenvalue weighted by Gasteiger charge is -2.11. The van der Waals surface area contributed by atoms with E-state index in [9.17, 15) is 0 Å². The van der Waals surface area contributed by atoms with Crippen molar-refractivity contribution in [2.75, 3.05) is 0 Å². The summed E-state index contributed by atoms with van der Waals surface area (Å²) < 4.78 is 2.68. The Balaban J connectivity index is 2.39. The Morgan fingerprint density at radius 1 is 1.29 bits per heavy atom. The van der Waals surface area contributed by atoms with Crippen LogP contribution < -0.4 is 0 Å².